The molecule has 0 fully saturated rings. The van der Waals surface area contributed by atoms with Crippen LogP contribution in [-0.4, -0.2) is 30.0 Å². The number of hydrogen-bond acceptors (Lipinski definition) is 2. The molecule has 1 atom stereocenters. The Kier molecular flexibility index (Phi) is 2.99. The van der Waals surface area contributed by atoms with E-state index in [1.807, 2.05) is 0 Å². The van der Waals surface area contributed by atoms with Crippen molar-refractivity contribution in [3.63, 3.8) is 0 Å². The zero-order valence-electron chi connectivity index (χ0n) is 9.54. The van der Waals surface area contributed by atoms with Crippen molar-refractivity contribution in [3.8, 4) is 12.3 Å². The molecule has 0 aliphatic carbocycles. The molecule has 1 aliphatic rings. The number of hydrogen-bond donors (Lipinski definition) is 1. The largest absolute Gasteiger partial charge is 0.414 e. The molecule has 1 heterocycles. The van der Waals surface area contributed by atoms with Gasteiger partial charge >= 0.3 is 6.18 Å². The molecule has 1 unspecified atom stereocenters. The van der Waals surface area contributed by atoms with Gasteiger partial charge in [0.1, 0.15) is 0 Å². The van der Waals surface area contributed by atoms with Gasteiger partial charge in [0.25, 0.3) is 0 Å². The molecule has 1 aliphatic heterocycles. The number of benzene rings is 1. The predicted molar refractivity (Wildman–Crippen MR) is 62.2 cm³/mol. The number of aliphatic hydroxyl groups excluding tert-OH is 1. The molecule has 1 aromatic carbocycles. The Bertz CT molecular complexity index is 492. The van der Waals surface area contributed by atoms with Crippen molar-refractivity contribution >= 4 is 5.69 Å². The van der Waals surface area contributed by atoms with Crippen LogP contribution in [0.1, 0.15) is 5.56 Å². The van der Waals surface area contributed by atoms with Gasteiger partial charge in [0, 0.05) is 12.1 Å². The van der Waals surface area contributed by atoms with Crippen LogP contribution in [-0.2, 0) is 6.42 Å². The van der Waals surface area contributed by atoms with Crippen molar-refractivity contribution < 1.29 is 18.3 Å². The minimum Gasteiger partial charge on any atom is -0.394 e. The van der Waals surface area contributed by atoms with E-state index < -0.39 is 18.3 Å². The van der Waals surface area contributed by atoms with Gasteiger partial charge in [0.15, 0.2) is 5.54 Å². The minimum absolute atomic E-state index is 0.183. The molecule has 0 bridgehead atoms. The van der Waals surface area contributed by atoms with Gasteiger partial charge in [-0.1, -0.05) is 24.1 Å². The van der Waals surface area contributed by atoms with E-state index in [4.69, 9.17) is 6.42 Å². The number of para-hydroxylation sites is 1. The number of anilines is 1. The number of nitrogens with zero attached hydrogens (tertiary/aromatic N) is 1. The summed E-state index contributed by atoms with van der Waals surface area (Å²) in [6.07, 6.45) is 0.327. The van der Waals surface area contributed by atoms with Crippen LogP contribution in [0.25, 0.3) is 0 Å². The molecule has 0 aromatic heterocycles. The van der Waals surface area contributed by atoms with Gasteiger partial charge in [0.05, 0.1) is 13.2 Å². The average Bonchev–Trinajstić information content (AvgIpc) is 2.65. The van der Waals surface area contributed by atoms with Crippen LogP contribution in [0.4, 0.5) is 18.9 Å². The van der Waals surface area contributed by atoms with E-state index in [1.165, 1.54) is 0 Å². The number of alkyl halides is 3. The van der Waals surface area contributed by atoms with E-state index in [-0.39, 0.29) is 13.0 Å². The summed E-state index contributed by atoms with van der Waals surface area (Å²) >= 11 is 0. The third kappa shape index (κ3) is 1.65. The number of rotatable bonds is 2. The predicted octanol–water partition coefficient (Wildman–Crippen LogP) is 1.98. The van der Waals surface area contributed by atoms with E-state index in [2.05, 4.69) is 5.92 Å². The number of fused-ring (bicyclic) bond motifs is 1. The average molecular weight is 255 g/mol. The lowest BCUT2D eigenvalue weighted by Gasteiger charge is -2.39. The third-order valence-electron chi connectivity index (χ3n) is 3.32. The Morgan fingerprint density at radius 1 is 1.39 bits per heavy atom. The first-order chi connectivity index (χ1) is 8.46. The van der Waals surface area contributed by atoms with Gasteiger partial charge in [-0.05, 0) is 11.6 Å². The molecule has 0 saturated carbocycles. The summed E-state index contributed by atoms with van der Waals surface area (Å²) in [5.74, 6) is 2.23. The highest BCUT2D eigenvalue weighted by Crippen LogP contribution is 2.47. The molecule has 18 heavy (non-hydrogen) atoms. The van der Waals surface area contributed by atoms with Crippen LogP contribution >= 0.6 is 0 Å². The SMILES string of the molecule is C#CCN1c2ccccc2CC1(CO)C(F)(F)F. The summed E-state index contributed by atoms with van der Waals surface area (Å²) < 4.78 is 39.9. The molecule has 1 aromatic rings. The maximum Gasteiger partial charge on any atom is 0.414 e. The van der Waals surface area contributed by atoms with Crippen molar-refractivity contribution in [1.29, 1.82) is 0 Å². The zero-order valence-corrected chi connectivity index (χ0v) is 9.54. The van der Waals surface area contributed by atoms with E-state index >= 15 is 0 Å². The van der Waals surface area contributed by atoms with Crippen LogP contribution in [0.2, 0.25) is 0 Å². The Morgan fingerprint density at radius 2 is 2.06 bits per heavy atom. The van der Waals surface area contributed by atoms with Crippen molar-refractivity contribution in [2.75, 3.05) is 18.1 Å². The Labute approximate surface area is 103 Å². The highest BCUT2D eigenvalue weighted by Gasteiger charge is 2.61. The summed E-state index contributed by atoms with van der Waals surface area (Å²) in [7, 11) is 0. The summed E-state index contributed by atoms with van der Waals surface area (Å²) in [6, 6.07) is 6.56. The molecule has 2 rings (SSSR count). The summed E-state index contributed by atoms with van der Waals surface area (Å²) in [6.45, 7) is -1.19. The first-order valence-corrected chi connectivity index (χ1v) is 5.43. The Morgan fingerprint density at radius 3 is 2.61 bits per heavy atom. The molecule has 0 spiro atoms. The lowest BCUT2D eigenvalue weighted by atomic mass is 9.94. The molecule has 5 heteroatoms. The molecule has 2 nitrogen and oxygen atoms in total. The lowest BCUT2D eigenvalue weighted by Crippen LogP contribution is -2.60. The first-order valence-electron chi connectivity index (χ1n) is 5.43. The molecular formula is C13H12F3NO. The molecule has 0 saturated heterocycles. The number of terminal acetylenes is 1. The van der Waals surface area contributed by atoms with Gasteiger partial charge < -0.3 is 10.0 Å². The molecule has 96 valence electrons. The number of aliphatic hydroxyl groups is 1. The summed E-state index contributed by atoms with van der Waals surface area (Å²) in [5, 5.41) is 9.29. The molecule has 0 amide bonds. The molecular weight excluding hydrogens is 243 g/mol. The van der Waals surface area contributed by atoms with Gasteiger partial charge in [-0.25, -0.2) is 0 Å². The fraction of sp³-hybridized carbons (Fsp3) is 0.385. The second-order valence-electron chi connectivity index (χ2n) is 4.28. The van der Waals surface area contributed by atoms with E-state index in [0.29, 0.717) is 11.3 Å². The van der Waals surface area contributed by atoms with E-state index in [1.54, 1.807) is 24.3 Å². The zero-order chi connectivity index (χ0) is 13.4. The second kappa shape index (κ2) is 4.21. The standard InChI is InChI=1S/C13H12F3NO/c1-2-7-17-11-6-4-3-5-10(11)8-12(17,9-18)13(14,15)16/h1,3-6,18H,7-9H2. The Hall–Kier alpha value is -1.67. The Balaban J connectivity index is 2.55. The first kappa shape index (κ1) is 12.8. The second-order valence-corrected chi connectivity index (χ2v) is 4.28. The fourth-order valence-corrected chi connectivity index (χ4v) is 2.38. The van der Waals surface area contributed by atoms with Crippen molar-refractivity contribution in [2.24, 2.45) is 0 Å². The van der Waals surface area contributed by atoms with Crippen LogP contribution in [0, 0.1) is 12.3 Å². The lowest BCUT2D eigenvalue weighted by molar-refractivity contribution is -0.194. The molecule has 1 N–H and O–H groups in total. The quantitative estimate of drug-likeness (QED) is 0.817. The smallest absolute Gasteiger partial charge is 0.394 e. The van der Waals surface area contributed by atoms with E-state index in [9.17, 15) is 18.3 Å². The van der Waals surface area contributed by atoms with Gasteiger partial charge in [0.2, 0.25) is 0 Å². The summed E-state index contributed by atoms with van der Waals surface area (Å²) in [4.78, 5) is 1.07. The van der Waals surface area contributed by atoms with Crippen LogP contribution in [0.3, 0.4) is 0 Å². The van der Waals surface area contributed by atoms with Crippen molar-refractivity contribution in [3.05, 3.63) is 29.8 Å². The monoisotopic (exact) mass is 255 g/mol. The van der Waals surface area contributed by atoms with Gasteiger partial charge in [-0.3, -0.25) is 0 Å². The van der Waals surface area contributed by atoms with E-state index in [0.717, 1.165) is 4.90 Å². The maximum absolute atomic E-state index is 13.3. The minimum atomic E-state index is -4.54. The third-order valence-corrected chi connectivity index (χ3v) is 3.32. The van der Waals surface area contributed by atoms with Crippen molar-refractivity contribution in [2.45, 2.75) is 18.1 Å². The van der Waals surface area contributed by atoms with Crippen LogP contribution in [0.5, 0.6) is 0 Å². The highest BCUT2D eigenvalue weighted by atomic mass is 19.4. The van der Waals surface area contributed by atoms with Crippen LogP contribution < -0.4 is 4.90 Å². The number of halogens is 3. The highest BCUT2D eigenvalue weighted by molar-refractivity contribution is 5.63. The summed E-state index contributed by atoms with van der Waals surface area (Å²) in [5.41, 5.74) is -1.30. The molecule has 0 radical (unpaired) electrons. The maximum atomic E-state index is 13.3. The van der Waals surface area contributed by atoms with Gasteiger partial charge in [-0.2, -0.15) is 13.2 Å². The van der Waals surface area contributed by atoms with Crippen molar-refractivity contribution in [1.82, 2.24) is 0 Å². The normalized spacial score (nSPS) is 22.7. The fourth-order valence-electron chi connectivity index (χ4n) is 2.38. The topological polar surface area (TPSA) is 23.5 Å². The van der Waals surface area contributed by atoms with Crippen LogP contribution in [0.15, 0.2) is 24.3 Å². The van der Waals surface area contributed by atoms with Gasteiger partial charge in [-0.15, -0.1) is 6.42 Å².